The van der Waals surface area contributed by atoms with Crippen LogP contribution in [-0.4, -0.2) is 47.6 Å². The van der Waals surface area contributed by atoms with Crippen LogP contribution in [0.3, 0.4) is 0 Å². The van der Waals surface area contributed by atoms with E-state index in [2.05, 4.69) is 5.32 Å². The van der Waals surface area contributed by atoms with E-state index in [9.17, 15) is 14.7 Å². The lowest BCUT2D eigenvalue weighted by molar-refractivity contribution is -0.135. The van der Waals surface area contributed by atoms with Gasteiger partial charge in [0.05, 0.1) is 12.6 Å². The third-order valence-corrected chi connectivity index (χ3v) is 4.25. The Kier molecular flexibility index (Phi) is 5.55. The van der Waals surface area contributed by atoms with E-state index in [0.29, 0.717) is 18.7 Å². The van der Waals surface area contributed by atoms with Gasteiger partial charge < -0.3 is 15.3 Å². The highest BCUT2D eigenvalue weighted by Crippen LogP contribution is 2.17. The van der Waals surface area contributed by atoms with E-state index >= 15 is 0 Å². The maximum absolute atomic E-state index is 12.1. The van der Waals surface area contributed by atoms with Crippen molar-refractivity contribution in [3.8, 4) is 0 Å². The number of likely N-dealkylation sites (tertiary alicyclic amines) is 1. The van der Waals surface area contributed by atoms with E-state index in [4.69, 9.17) is 0 Å². The molecule has 110 valence electrons. The summed E-state index contributed by atoms with van der Waals surface area (Å²) in [7, 11) is 0. The van der Waals surface area contributed by atoms with Crippen LogP contribution in [0.15, 0.2) is 16.8 Å². The molecule has 1 saturated heterocycles. The zero-order chi connectivity index (χ0) is 14.4. The number of aliphatic hydroxyl groups excluding tert-OH is 1. The highest BCUT2D eigenvalue weighted by molar-refractivity contribution is 7.08. The minimum Gasteiger partial charge on any atom is -0.394 e. The second-order valence-electron chi connectivity index (χ2n) is 4.94. The molecule has 0 aliphatic carbocycles. The van der Waals surface area contributed by atoms with Gasteiger partial charge in [0, 0.05) is 30.5 Å². The van der Waals surface area contributed by atoms with Gasteiger partial charge in [-0.1, -0.05) is 0 Å². The van der Waals surface area contributed by atoms with Crippen LogP contribution in [0.2, 0.25) is 0 Å². The fourth-order valence-corrected chi connectivity index (χ4v) is 3.08. The topological polar surface area (TPSA) is 69.6 Å². The van der Waals surface area contributed by atoms with E-state index in [1.807, 2.05) is 5.38 Å². The first-order valence-corrected chi connectivity index (χ1v) is 7.87. The zero-order valence-corrected chi connectivity index (χ0v) is 12.2. The van der Waals surface area contributed by atoms with Crippen molar-refractivity contribution in [3.05, 3.63) is 22.4 Å². The van der Waals surface area contributed by atoms with E-state index in [1.165, 1.54) is 11.3 Å². The molecule has 0 radical (unpaired) electrons. The number of piperidine rings is 1. The van der Waals surface area contributed by atoms with Gasteiger partial charge in [0.25, 0.3) is 5.91 Å². The summed E-state index contributed by atoms with van der Waals surface area (Å²) < 4.78 is 0. The van der Waals surface area contributed by atoms with Crippen molar-refractivity contribution in [1.29, 1.82) is 0 Å². The van der Waals surface area contributed by atoms with Crippen molar-refractivity contribution in [1.82, 2.24) is 10.2 Å². The van der Waals surface area contributed by atoms with Crippen LogP contribution < -0.4 is 5.32 Å². The molecule has 0 bridgehead atoms. The SMILES string of the molecule is O=C(NCCC(=O)N1CCCCC1CO)c1ccsc1. The number of carbonyl (C=O) groups excluding carboxylic acids is 2. The summed E-state index contributed by atoms with van der Waals surface area (Å²) >= 11 is 1.47. The lowest BCUT2D eigenvalue weighted by atomic mass is 10.0. The minimum atomic E-state index is -0.142. The predicted molar refractivity (Wildman–Crippen MR) is 77.7 cm³/mol. The second-order valence-corrected chi connectivity index (χ2v) is 5.72. The van der Waals surface area contributed by atoms with Gasteiger partial charge in [-0.25, -0.2) is 0 Å². The van der Waals surface area contributed by atoms with Crippen LogP contribution in [0.4, 0.5) is 0 Å². The van der Waals surface area contributed by atoms with E-state index < -0.39 is 0 Å². The van der Waals surface area contributed by atoms with Gasteiger partial charge >= 0.3 is 0 Å². The number of hydrogen-bond donors (Lipinski definition) is 2. The fraction of sp³-hybridized carbons (Fsp3) is 0.571. The second kappa shape index (κ2) is 7.40. The Bertz CT molecular complexity index is 447. The summed E-state index contributed by atoms with van der Waals surface area (Å²) in [6.07, 6.45) is 3.20. The smallest absolute Gasteiger partial charge is 0.252 e. The van der Waals surface area contributed by atoms with Crippen LogP contribution in [0.25, 0.3) is 0 Å². The number of aliphatic hydroxyl groups is 1. The van der Waals surface area contributed by atoms with Crippen LogP contribution in [0.1, 0.15) is 36.0 Å². The van der Waals surface area contributed by atoms with Crippen molar-refractivity contribution >= 4 is 23.2 Å². The Hall–Kier alpha value is -1.40. The molecule has 20 heavy (non-hydrogen) atoms. The molecule has 1 aliphatic heterocycles. The molecule has 0 aromatic carbocycles. The molecular weight excluding hydrogens is 276 g/mol. The minimum absolute atomic E-state index is 0.00867. The van der Waals surface area contributed by atoms with Crippen molar-refractivity contribution in [3.63, 3.8) is 0 Å². The average molecular weight is 296 g/mol. The molecule has 1 aliphatic rings. The largest absolute Gasteiger partial charge is 0.394 e. The zero-order valence-electron chi connectivity index (χ0n) is 11.4. The van der Waals surface area contributed by atoms with Gasteiger partial charge in [0.15, 0.2) is 0 Å². The number of nitrogens with zero attached hydrogens (tertiary/aromatic N) is 1. The number of rotatable bonds is 5. The molecular formula is C14H20N2O3S. The third-order valence-electron chi connectivity index (χ3n) is 3.57. The van der Waals surface area contributed by atoms with Gasteiger partial charge in [-0.3, -0.25) is 9.59 Å². The van der Waals surface area contributed by atoms with Crippen molar-refractivity contribution in [2.45, 2.75) is 31.7 Å². The summed E-state index contributed by atoms with van der Waals surface area (Å²) in [5.41, 5.74) is 0.633. The highest BCUT2D eigenvalue weighted by atomic mass is 32.1. The summed E-state index contributed by atoms with van der Waals surface area (Å²) in [6.45, 7) is 1.07. The Labute approximate surface area is 122 Å². The monoisotopic (exact) mass is 296 g/mol. The molecule has 2 heterocycles. The molecule has 6 heteroatoms. The van der Waals surface area contributed by atoms with Crippen LogP contribution in [0, 0.1) is 0 Å². The van der Waals surface area contributed by atoms with E-state index in [-0.39, 0.29) is 30.9 Å². The molecule has 2 amide bonds. The van der Waals surface area contributed by atoms with Gasteiger partial charge in [-0.2, -0.15) is 11.3 Å². The molecule has 1 atom stereocenters. The summed E-state index contributed by atoms with van der Waals surface area (Å²) in [5.74, 6) is -0.134. The summed E-state index contributed by atoms with van der Waals surface area (Å²) in [5, 5.41) is 15.7. The number of amides is 2. The average Bonchev–Trinajstić information content (AvgIpc) is 3.01. The quantitative estimate of drug-likeness (QED) is 0.859. The lowest BCUT2D eigenvalue weighted by Crippen LogP contribution is -2.46. The maximum atomic E-state index is 12.1. The third kappa shape index (κ3) is 3.80. The Balaban J connectivity index is 1.75. The van der Waals surface area contributed by atoms with Crippen LogP contribution >= 0.6 is 11.3 Å². The molecule has 1 fully saturated rings. The Morgan fingerprint density at radius 1 is 1.45 bits per heavy atom. The molecule has 1 unspecified atom stereocenters. The summed E-state index contributed by atoms with van der Waals surface area (Å²) in [6, 6.07) is 1.71. The van der Waals surface area contributed by atoms with Crippen molar-refractivity contribution in [2.24, 2.45) is 0 Å². The standard InChI is InChI=1S/C14H20N2O3S/c17-9-12-3-1-2-7-16(12)13(18)4-6-15-14(19)11-5-8-20-10-11/h5,8,10,12,17H,1-4,6-7,9H2,(H,15,19). The number of nitrogens with one attached hydrogen (secondary N) is 1. The van der Waals surface area contributed by atoms with Crippen LogP contribution in [-0.2, 0) is 4.79 Å². The molecule has 2 N–H and O–H groups in total. The van der Waals surface area contributed by atoms with Gasteiger partial charge in [-0.05, 0) is 30.7 Å². The first-order valence-electron chi connectivity index (χ1n) is 6.93. The summed E-state index contributed by atoms with van der Waals surface area (Å²) in [4.78, 5) is 25.6. The van der Waals surface area contributed by atoms with E-state index in [0.717, 1.165) is 19.3 Å². The lowest BCUT2D eigenvalue weighted by Gasteiger charge is -2.34. The number of thiophene rings is 1. The molecule has 0 spiro atoms. The van der Waals surface area contributed by atoms with Gasteiger partial charge in [-0.15, -0.1) is 0 Å². The first kappa shape index (κ1) is 15.0. The molecule has 5 nitrogen and oxygen atoms in total. The van der Waals surface area contributed by atoms with Gasteiger partial charge in [0.1, 0.15) is 0 Å². The Morgan fingerprint density at radius 2 is 2.30 bits per heavy atom. The first-order chi connectivity index (χ1) is 9.72. The van der Waals surface area contributed by atoms with E-state index in [1.54, 1.807) is 16.3 Å². The molecule has 1 aromatic heterocycles. The molecule has 0 saturated carbocycles. The highest BCUT2D eigenvalue weighted by Gasteiger charge is 2.25. The van der Waals surface area contributed by atoms with Crippen molar-refractivity contribution < 1.29 is 14.7 Å². The maximum Gasteiger partial charge on any atom is 0.252 e. The van der Waals surface area contributed by atoms with Gasteiger partial charge in [0.2, 0.25) is 5.91 Å². The fourth-order valence-electron chi connectivity index (χ4n) is 2.44. The Morgan fingerprint density at radius 3 is 3.00 bits per heavy atom. The molecule has 1 aromatic rings. The van der Waals surface area contributed by atoms with Crippen molar-refractivity contribution in [2.75, 3.05) is 19.7 Å². The normalized spacial score (nSPS) is 18.9. The van der Waals surface area contributed by atoms with Crippen LogP contribution in [0.5, 0.6) is 0 Å². The predicted octanol–water partition coefficient (Wildman–Crippen LogP) is 1.24. The number of hydrogen-bond acceptors (Lipinski definition) is 4. The number of carbonyl (C=O) groups is 2. The molecule has 2 rings (SSSR count).